The van der Waals surface area contributed by atoms with Gasteiger partial charge in [0.05, 0.1) is 10.7 Å². The van der Waals surface area contributed by atoms with Crippen molar-refractivity contribution in [2.24, 2.45) is 5.92 Å². The molecule has 1 heterocycles. The Hall–Kier alpha value is -0.150. The van der Waals surface area contributed by atoms with Gasteiger partial charge < -0.3 is 0 Å². The van der Waals surface area contributed by atoms with Gasteiger partial charge in [0.2, 0.25) is 0 Å². The minimum absolute atomic E-state index is 0.265. The van der Waals surface area contributed by atoms with Gasteiger partial charge in [0, 0.05) is 17.4 Å². The molecule has 0 aliphatic heterocycles. The second-order valence-electron chi connectivity index (χ2n) is 4.01. The fourth-order valence-corrected chi connectivity index (χ4v) is 2.60. The maximum Gasteiger partial charge on any atom is 0.146 e. The minimum atomic E-state index is -0.323. The first-order chi connectivity index (χ1) is 6.99. The van der Waals surface area contributed by atoms with Gasteiger partial charge in [-0.2, -0.15) is 0 Å². The monoisotopic (exact) mass is 293 g/mol. The van der Waals surface area contributed by atoms with Crippen molar-refractivity contribution in [3.63, 3.8) is 0 Å². The molecule has 0 spiro atoms. The van der Waals surface area contributed by atoms with Crippen LogP contribution in [0.15, 0.2) is 12.3 Å². The Morgan fingerprint density at radius 2 is 2.20 bits per heavy atom. The highest BCUT2D eigenvalue weighted by Crippen LogP contribution is 2.19. The molecule has 0 fully saturated rings. The number of alkyl halides is 1. The molecule has 0 aliphatic rings. The van der Waals surface area contributed by atoms with Crippen molar-refractivity contribution in [3.8, 4) is 0 Å². The van der Waals surface area contributed by atoms with Crippen LogP contribution in [0.25, 0.3) is 0 Å². The van der Waals surface area contributed by atoms with Gasteiger partial charge in [-0.15, -0.1) is 0 Å². The lowest BCUT2D eigenvalue weighted by atomic mass is 10.0. The Bertz CT molecular complexity index is 330. The van der Waals surface area contributed by atoms with E-state index >= 15 is 0 Å². The molecule has 0 amide bonds. The van der Waals surface area contributed by atoms with Gasteiger partial charge in [-0.05, 0) is 18.4 Å². The first-order valence-electron chi connectivity index (χ1n) is 4.93. The normalized spacial score (nSPS) is 13.2. The topological polar surface area (TPSA) is 12.9 Å². The summed E-state index contributed by atoms with van der Waals surface area (Å²) in [5.74, 6) is 0.264. The van der Waals surface area contributed by atoms with Crippen LogP contribution in [0.1, 0.15) is 26.0 Å². The molecule has 0 N–H and O–H groups in total. The van der Waals surface area contributed by atoms with E-state index in [1.165, 1.54) is 12.3 Å². The van der Waals surface area contributed by atoms with Crippen molar-refractivity contribution in [1.29, 1.82) is 0 Å². The molecular formula is C11H14BrClFN. The van der Waals surface area contributed by atoms with Crippen molar-refractivity contribution in [1.82, 2.24) is 4.98 Å². The molecule has 84 valence electrons. The molecule has 1 aromatic rings. The van der Waals surface area contributed by atoms with Crippen molar-refractivity contribution >= 4 is 27.5 Å². The van der Waals surface area contributed by atoms with Gasteiger partial charge in [-0.3, -0.25) is 4.98 Å². The zero-order chi connectivity index (χ0) is 11.4. The lowest BCUT2D eigenvalue weighted by Crippen LogP contribution is -2.09. The van der Waals surface area contributed by atoms with Crippen LogP contribution in [0.2, 0.25) is 5.02 Å². The van der Waals surface area contributed by atoms with E-state index in [0.29, 0.717) is 23.1 Å². The second-order valence-corrected chi connectivity index (χ2v) is 5.74. The number of aromatic nitrogens is 1. The number of hydrogen-bond acceptors (Lipinski definition) is 1. The van der Waals surface area contributed by atoms with Gasteiger partial charge >= 0.3 is 0 Å². The lowest BCUT2D eigenvalue weighted by Gasteiger charge is -2.12. The van der Waals surface area contributed by atoms with Crippen LogP contribution >= 0.6 is 27.5 Å². The summed E-state index contributed by atoms with van der Waals surface area (Å²) >= 11 is 9.15. The average Bonchev–Trinajstić information content (AvgIpc) is 2.08. The Balaban J connectivity index is 2.64. The lowest BCUT2D eigenvalue weighted by molar-refractivity contribution is 0.549. The molecule has 4 heteroatoms. The predicted octanol–water partition coefficient (Wildman–Crippen LogP) is 4.23. The smallest absolute Gasteiger partial charge is 0.146 e. The first-order valence-corrected chi connectivity index (χ1v) is 6.22. The molecule has 1 aromatic heterocycles. The van der Waals surface area contributed by atoms with Gasteiger partial charge in [0.15, 0.2) is 0 Å². The van der Waals surface area contributed by atoms with E-state index in [2.05, 4.69) is 34.8 Å². The average molecular weight is 295 g/mol. The predicted molar refractivity (Wildman–Crippen MR) is 65.1 cm³/mol. The van der Waals surface area contributed by atoms with E-state index in [9.17, 15) is 4.39 Å². The Kier molecular flexibility index (Phi) is 5.00. The van der Waals surface area contributed by atoms with E-state index in [4.69, 9.17) is 11.6 Å². The van der Waals surface area contributed by atoms with E-state index in [1.54, 1.807) is 0 Å². The van der Waals surface area contributed by atoms with Crippen molar-refractivity contribution in [3.05, 3.63) is 28.8 Å². The minimum Gasteiger partial charge on any atom is -0.257 e. The molecule has 0 aromatic carbocycles. The summed E-state index contributed by atoms with van der Waals surface area (Å²) in [4.78, 5) is 4.25. The zero-order valence-corrected chi connectivity index (χ0v) is 11.1. The quantitative estimate of drug-likeness (QED) is 0.757. The molecule has 15 heavy (non-hydrogen) atoms. The molecule has 0 aliphatic carbocycles. The Morgan fingerprint density at radius 3 is 2.73 bits per heavy atom. The van der Waals surface area contributed by atoms with Gasteiger partial charge in [-0.25, -0.2) is 4.39 Å². The van der Waals surface area contributed by atoms with Crippen LogP contribution in [0, 0.1) is 11.7 Å². The molecule has 1 rings (SSSR count). The second kappa shape index (κ2) is 5.80. The summed E-state index contributed by atoms with van der Waals surface area (Å²) in [6.07, 6.45) is 3.08. The van der Waals surface area contributed by atoms with Crippen molar-refractivity contribution in [2.75, 3.05) is 0 Å². The van der Waals surface area contributed by atoms with Gasteiger partial charge in [0.25, 0.3) is 0 Å². The number of nitrogens with zero attached hydrogens (tertiary/aromatic N) is 1. The molecule has 1 unspecified atom stereocenters. The number of pyridine rings is 1. The fourth-order valence-electron chi connectivity index (χ4n) is 1.40. The third-order valence-electron chi connectivity index (χ3n) is 2.03. The van der Waals surface area contributed by atoms with Crippen LogP contribution < -0.4 is 0 Å². The Morgan fingerprint density at radius 1 is 1.53 bits per heavy atom. The van der Waals surface area contributed by atoms with Crippen LogP contribution in [0.5, 0.6) is 0 Å². The summed E-state index contributed by atoms with van der Waals surface area (Å²) in [5.41, 5.74) is 0.474. The Labute approximate surface area is 103 Å². The standard InChI is InChI=1S/C11H14BrClFN/c1-7(2)3-8(12)4-11-10(14)5-9(13)6-15-11/h5-8H,3-4H2,1-2H3. The van der Waals surface area contributed by atoms with Crippen LogP contribution in [0.4, 0.5) is 4.39 Å². The third-order valence-corrected chi connectivity index (χ3v) is 2.93. The highest BCUT2D eigenvalue weighted by molar-refractivity contribution is 9.09. The molecular weight excluding hydrogens is 280 g/mol. The van der Waals surface area contributed by atoms with Crippen LogP contribution in [-0.4, -0.2) is 9.81 Å². The van der Waals surface area contributed by atoms with Gasteiger partial charge in [0.1, 0.15) is 5.82 Å². The molecule has 0 bridgehead atoms. The fraction of sp³-hybridized carbons (Fsp3) is 0.545. The molecule has 0 radical (unpaired) electrons. The highest BCUT2D eigenvalue weighted by atomic mass is 79.9. The molecule has 0 saturated heterocycles. The van der Waals surface area contributed by atoms with Crippen LogP contribution in [-0.2, 0) is 6.42 Å². The maximum absolute atomic E-state index is 13.4. The van der Waals surface area contributed by atoms with E-state index < -0.39 is 0 Å². The van der Waals surface area contributed by atoms with E-state index in [0.717, 1.165) is 6.42 Å². The van der Waals surface area contributed by atoms with Crippen LogP contribution in [0.3, 0.4) is 0 Å². The van der Waals surface area contributed by atoms with Gasteiger partial charge in [-0.1, -0.05) is 41.4 Å². The number of rotatable bonds is 4. The van der Waals surface area contributed by atoms with Crippen molar-refractivity contribution in [2.45, 2.75) is 31.5 Å². The van der Waals surface area contributed by atoms with E-state index in [-0.39, 0.29) is 10.6 Å². The summed E-state index contributed by atoms with van der Waals surface area (Å²) in [5, 5.41) is 0.339. The van der Waals surface area contributed by atoms with Crippen molar-refractivity contribution < 1.29 is 4.39 Å². The first kappa shape index (κ1) is 12.9. The third kappa shape index (κ3) is 4.47. The SMILES string of the molecule is CC(C)CC(Br)Cc1ncc(Cl)cc1F. The number of halogens is 3. The molecule has 0 saturated carbocycles. The molecule has 1 nitrogen and oxygen atoms in total. The summed E-state index contributed by atoms with van der Waals surface area (Å²) in [7, 11) is 0. The largest absolute Gasteiger partial charge is 0.257 e. The zero-order valence-electron chi connectivity index (χ0n) is 8.80. The van der Waals surface area contributed by atoms with E-state index in [1.807, 2.05) is 0 Å². The summed E-state index contributed by atoms with van der Waals surface area (Å²) in [6.45, 7) is 4.28. The summed E-state index contributed by atoms with van der Waals surface area (Å²) in [6, 6.07) is 1.30. The highest BCUT2D eigenvalue weighted by Gasteiger charge is 2.12. The summed E-state index contributed by atoms with van der Waals surface area (Å²) < 4.78 is 13.4. The maximum atomic E-state index is 13.4. The number of hydrogen-bond donors (Lipinski definition) is 0. The molecule has 1 atom stereocenters.